The van der Waals surface area contributed by atoms with E-state index in [-0.39, 0.29) is 0 Å². The van der Waals surface area contributed by atoms with Crippen molar-refractivity contribution in [1.82, 2.24) is 9.97 Å². The van der Waals surface area contributed by atoms with Crippen molar-refractivity contribution in [2.75, 3.05) is 30.9 Å². The Hall–Kier alpha value is -2.30. The number of nitrogens with one attached hydrogen (secondary N) is 1. The molecule has 0 aliphatic rings. The van der Waals surface area contributed by atoms with Gasteiger partial charge in [-0.25, -0.2) is 4.98 Å². The predicted octanol–water partition coefficient (Wildman–Crippen LogP) is 2.94. The average Bonchev–Trinajstić information content (AvgIpc) is 2.53. The number of hydrogen-bond acceptors (Lipinski definition) is 5. The van der Waals surface area contributed by atoms with Crippen LogP contribution < -0.4 is 15.0 Å². The van der Waals surface area contributed by atoms with Crippen LogP contribution >= 0.6 is 0 Å². The lowest BCUT2D eigenvalue weighted by Crippen LogP contribution is -2.19. The third-order valence-electron chi connectivity index (χ3n) is 3.17. The Bertz CT molecular complexity index is 574. The van der Waals surface area contributed by atoms with E-state index in [1.165, 1.54) is 0 Å². The van der Waals surface area contributed by atoms with Crippen LogP contribution in [0.3, 0.4) is 0 Å². The van der Waals surface area contributed by atoms with Crippen LogP contribution in [0.1, 0.15) is 18.9 Å². The molecule has 0 aliphatic heterocycles. The topological polar surface area (TPSA) is 50.3 Å². The van der Waals surface area contributed by atoms with Crippen LogP contribution in [0.15, 0.2) is 36.5 Å². The first-order chi connectivity index (χ1) is 10.2. The lowest BCUT2D eigenvalue weighted by molar-refractivity contribution is 0.409. The van der Waals surface area contributed by atoms with Crippen LogP contribution in [0.5, 0.6) is 5.75 Å². The summed E-state index contributed by atoms with van der Waals surface area (Å²) in [6, 6.07) is 9.93. The molecule has 0 aliphatic carbocycles. The normalized spacial score (nSPS) is 10.2. The summed E-state index contributed by atoms with van der Waals surface area (Å²) < 4.78 is 5.39. The summed E-state index contributed by atoms with van der Waals surface area (Å²) in [5, 5.41) is 3.20. The summed E-state index contributed by atoms with van der Waals surface area (Å²) in [5.74, 6) is 2.44. The highest BCUT2D eigenvalue weighted by Crippen LogP contribution is 2.21. The maximum Gasteiger partial charge on any atom is 0.224 e. The highest BCUT2D eigenvalue weighted by molar-refractivity contribution is 5.44. The molecule has 2 rings (SSSR count). The van der Waals surface area contributed by atoms with Gasteiger partial charge in [-0.1, -0.05) is 25.1 Å². The third-order valence-corrected chi connectivity index (χ3v) is 3.17. The Kier molecular flexibility index (Phi) is 5.37. The molecule has 1 N–H and O–H groups in total. The number of para-hydroxylation sites is 1. The number of hydrogen-bond donors (Lipinski definition) is 1. The van der Waals surface area contributed by atoms with Crippen molar-refractivity contribution in [3.05, 3.63) is 42.1 Å². The Morgan fingerprint density at radius 3 is 2.81 bits per heavy atom. The van der Waals surface area contributed by atoms with Crippen molar-refractivity contribution in [1.29, 1.82) is 0 Å². The van der Waals surface area contributed by atoms with Gasteiger partial charge in [0.2, 0.25) is 5.95 Å². The molecule has 5 nitrogen and oxygen atoms in total. The molecule has 21 heavy (non-hydrogen) atoms. The first-order valence-corrected chi connectivity index (χ1v) is 7.14. The highest BCUT2D eigenvalue weighted by atomic mass is 16.5. The van der Waals surface area contributed by atoms with Gasteiger partial charge in [0.1, 0.15) is 11.6 Å². The molecule has 0 spiro atoms. The van der Waals surface area contributed by atoms with Crippen LogP contribution in [-0.4, -0.2) is 30.7 Å². The molecular weight excluding hydrogens is 264 g/mol. The standard InChI is InChI=1S/C16H22N4O/c1-4-10-17-16-18-11-9-15(19-16)20(2)12-13-7-5-6-8-14(13)21-3/h5-9,11H,4,10,12H2,1-3H3,(H,17,18,19). The van der Waals surface area contributed by atoms with Crippen LogP contribution in [-0.2, 0) is 6.54 Å². The summed E-state index contributed by atoms with van der Waals surface area (Å²) in [7, 11) is 3.70. The van der Waals surface area contributed by atoms with E-state index in [1.807, 2.05) is 31.3 Å². The van der Waals surface area contributed by atoms with Gasteiger partial charge in [0, 0.05) is 31.9 Å². The minimum absolute atomic E-state index is 0.668. The fourth-order valence-electron chi connectivity index (χ4n) is 2.05. The molecule has 5 heteroatoms. The van der Waals surface area contributed by atoms with Crippen molar-refractivity contribution < 1.29 is 4.74 Å². The molecule has 0 unspecified atom stereocenters. The molecule has 2 aromatic rings. The minimum Gasteiger partial charge on any atom is -0.496 e. The van der Waals surface area contributed by atoms with Crippen molar-refractivity contribution >= 4 is 11.8 Å². The van der Waals surface area contributed by atoms with Gasteiger partial charge in [0.25, 0.3) is 0 Å². The van der Waals surface area contributed by atoms with Crippen LogP contribution in [0.2, 0.25) is 0 Å². The molecule has 1 heterocycles. The van der Waals surface area contributed by atoms with E-state index in [0.29, 0.717) is 5.95 Å². The molecule has 112 valence electrons. The van der Waals surface area contributed by atoms with Gasteiger partial charge < -0.3 is 15.0 Å². The van der Waals surface area contributed by atoms with E-state index in [4.69, 9.17) is 4.74 Å². The molecule has 0 saturated heterocycles. The van der Waals surface area contributed by atoms with Gasteiger partial charge in [0.05, 0.1) is 7.11 Å². The second-order valence-corrected chi connectivity index (χ2v) is 4.83. The van der Waals surface area contributed by atoms with E-state index in [0.717, 1.165) is 36.6 Å². The quantitative estimate of drug-likeness (QED) is 0.848. The molecule has 0 atom stereocenters. The van der Waals surface area contributed by atoms with Gasteiger partial charge in [-0.3, -0.25) is 0 Å². The number of ether oxygens (including phenoxy) is 1. The third kappa shape index (κ3) is 4.08. The Balaban J connectivity index is 2.10. The number of anilines is 2. The number of aromatic nitrogens is 2. The summed E-state index contributed by atoms with van der Waals surface area (Å²) in [6.45, 7) is 3.72. The minimum atomic E-state index is 0.668. The van der Waals surface area contributed by atoms with Gasteiger partial charge in [-0.15, -0.1) is 0 Å². The zero-order chi connectivity index (χ0) is 15.1. The Labute approximate surface area is 126 Å². The Morgan fingerprint density at radius 1 is 1.24 bits per heavy atom. The van der Waals surface area contributed by atoms with Crippen LogP contribution in [0, 0.1) is 0 Å². The zero-order valence-electron chi connectivity index (χ0n) is 12.8. The second kappa shape index (κ2) is 7.47. The molecule has 0 fully saturated rings. The molecule has 0 amide bonds. The van der Waals surface area contributed by atoms with Gasteiger partial charge in [-0.05, 0) is 18.6 Å². The lowest BCUT2D eigenvalue weighted by Gasteiger charge is -2.20. The first-order valence-electron chi connectivity index (χ1n) is 7.14. The smallest absolute Gasteiger partial charge is 0.224 e. The van der Waals surface area contributed by atoms with E-state index in [2.05, 4.69) is 33.2 Å². The van der Waals surface area contributed by atoms with Crippen LogP contribution in [0.25, 0.3) is 0 Å². The summed E-state index contributed by atoms with van der Waals surface area (Å²) in [5.41, 5.74) is 1.13. The number of nitrogens with zero attached hydrogens (tertiary/aromatic N) is 3. The summed E-state index contributed by atoms with van der Waals surface area (Å²) >= 11 is 0. The van der Waals surface area contributed by atoms with Crippen molar-refractivity contribution in [3.63, 3.8) is 0 Å². The molecule has 0 bridgehead atoms. The largest absolute Gasteiger partial charge is 0.496 e. The average molecular weight is 286 g/mol. The SMILES string of the molecule is CCCNc1nccc(N(C)Cc2ccccc2OC)n1. The molecular formula is C16H22N4O. The van der Waals surface area contributed by atoms with Crippen molar-refractivity contribution in [2.24, 2.45) is 0 Å². The van der Waals surface area contributed by atoms with Gasteiger partial charge in [-0.2, -0.15) is 4.98 Å². The maximum atomic E-state index is 5.39. The lowest BCUT2D eigenvalue weighted by atomic mass is 10.2. The molecule has 1 aromatic heterocycles. The number of rotatable bonds is 7. The number of methoxy groups -OCH3 is 1. The van der Waals surface area contributed by atoms with E-state index < -0.39 is 0 Å². The second-order valence-electron chi connectivity index (χ2n) is 4.83. The molecule has 0 saturated carbocycles. The van der Waals surface area contributed by atoms with E-state index in [9.17, 15) is 0 Å². The monoisotopic (exact) mass is 286 g/mol. The van der Waals surface area contributed by atoms with Gasteiger partial charge in [0.15, 0.2) is 0 Å². The fraction of sp³-hybridized carbons (Fsp3) is 0.375. The van der Waals surface area contributed by atoms with Crippen molar-refractivity contribution in [3.8, 4) is 5.75 Å². The zero-order valence-corrected chi connectivity index (χ0v) is 12.8. The molecule has 1 aromatic carbocycles. The van der Waals surface area contributed by atoms with Gasteiger partial charge >= 0.3 is 0 Å². The Morgan fingerprint density at radius 2 is 2.05 bits per heavy atom. The predicted molar refractivity (Wildman–Crippen MR) is 85.9 cm³/mol. The maximum absolute atomic E-state index is 5.39. The number of benzene rings is 1. The summed E-state index contributed by atoms with van der Waals surface area (Å²) in [6.07, 6.45) is 2.82. The summed E-state index contributed by atoms with van der Waals surface area (Å²) in [4.78, 5) is 10.8. The van der Waals surface area contributed by atoms with E-state index >= 15 is 0 Å². The molecule has 0 radical (unpaired) electrons. The fourth-order valence-corrected chi connectivity index (χ4v) is 2.05. The first kappa shape index (κ1) is 15.1. The van der Waals surface area contributed by atoms with E-state index in [1.54, 1.807) is 13.3 Å². The van der Waals surface area contributed by atoms with Crippen molar-refractivity contribution in [2.45, 2.75) is 19.9 Å². The highest BCUT2D eigenvalue weighted by Gasteiger charge is 2.08. The van der Waals surface area contributed by atoms with Crippen LogP contribution in [0.4, 0.5) is 11.8 Å².